The topological polar surface area (TPSA) is 62.7 Å². The predicted octanol–water partition coefficient (Wildman–Crippen LogP) is 4.63. The van der Waals surface area contributed by atoms with Crippen molar-refractivity contribution in [2.24, 2.45) is 0 Å². The second-order valence-corrected chi connectivity index (χ2v) is 5.55. The molecule has 0 bridgehead atoms. The molecular formula is C16H13Cl2N5. The minimum absolute atomic E-state index is 0.499. The lowest BCUT2D eigenvalue weighted by atomic mass is 10.2. The van der Waals surface area contributed by atoms with Crippen LogP contribution in [0.2, 0.25) is 10.0 Å². The zero-order valence-electron chi connectivity index (χ0n) is 12.2. The highest BCUT2D eigenvalue weighted by molar-refractivity contribution is 6.36. The Balaban J connectivity index is 1.99. The van der Waals surface area contributed by atoms with Crippen molar-refractivity contribution in [2.75, 3.05) is 17.7 Å². The van der Waals surface area contributed by atoms with Gasteiger partial charge in [-0.3, -0.25) is 4.98 Å². The molecular weight excluding hydrogens is 333 g/mol. The minimum atomic E-state index is 0.499. The van der Waals surface area contributed by atoms with Crippen LogP contribution in [-0.2, 0) is 0 Å². The van der Waals surface area contributed by atoms with E-state index in [1.54, 1.807) is 37.6 Å². The van der Waals surface area contributed by atoms with Crippen LogP contribution in [0.4, 0.5) is 17.5 Å². The largest absolute Gasteiger partial charge is 0.357 e. The predicted molar refractivity (Wildman–Crippen MR) is 94.6 cm³/mol. The molecule has 116 valence electrons. The van der Waals surface area contributed by atoms with Gasteiger partial charge in [0, 0.05) is 36.1 Å². The van der Waals surface area contributed by atoms with Crippen LogP contribution >= 0.6 is 23.2 Å². The van der Waals surface area contributed by atoms with Crippen molar-refractivity contribution in [3.63, 3.8) is 0 Å². The summed E-state index contributed by atoms with van der Waals surface area (Å²) in [4.78, 5) is 13.0. The highest BCUT2D eigenvalue weighted by Gasteiger charge is 2.08. The van der Waals surface area contributed by atoms with Crippen molar-refractivity contribution < 1.29 is 0 Å². The molecule has 2 heterocycles. The van der Waals surface area contributed by atoms with Gasteiger partial charge in [-0.15, -0.1) is 0 Å². The molecule has 2 aromatic heterocycles. The third-order valence-corrected chi connectivity index (χ3v) is 3.65. The minimum Gasteiger partial charge on any atom is -0.357 e. The fraction of sp³-hybridized carbons (Fsp3) is 0.0625. The molecule has 0 unspecified atom stereocenters. The summed E-state index contributed by atoms with van der Waals surface area (Å²) in [5.74, 6) is 1.12. The monoisotopic (exact) mass is 345 g/mol. The first-order valence-electron chi connectivity index (χ1n) is 6.85. The first-order valence-corrected chi connectivity index (χ1v) is 7.60. The Morgan fingerprint density at radius 2 is 1.91 bits per heavy atom. The van der Waals surface area contributed by atoms with E-state index < -0.39 is 0 Å². The number of pyridine rings is 1. The van der Waals surface area contributed by atoms with E-state index in [0.29, 0.717) is 27.5 Å². The summed E-state index contributed by atoms with van der Waals surface area (Å²) >= 11 is 12.1. The molecule has 1 aromatic carbocycles. The van der Waals surface area contributed by atoms with E-state index in [1.165, 1.54) is 0 Å². The molecule has 0 spiro atoms. The number of halogens is 2. The Hall–Kier alpha value is -2.37. The van der Waals surface area contributed by atoms with E-state index in [-0.39, 0.29) is 0 Å². The van der Waals surface area contributed by atoms with Crippen molar-refractivity contribution in [1.29, 1.82) is 0 Å². The van der Waals surface area contributed by atoms with Crippen molar-refractivity contribution in [3.8, 4) is 11.3 Å². The first kappa shape index (κ1) is 15.5. The van der Waals surface area contributed by atoms with Gasteiger partial charge in [0.2, 0.25) is 5.95 Å². The van der Waals surface area contributed by atoms with Crippen molar-refractivity contribution >= 4 is 40.7 Å². The van der Waals surface area contributed by atoms with Gasteiger partial charge in [0.1, 0.15) is 5.82 Å². The van der Waals surface area contributed by atoms with Gasteiger partial charge in [-0.2, -0.15) is 4.98 Å². The maximum Gasteiger partial charge on any atom is 0.224 e. The summed E-state index contributed by atoms with van der Waals surface area (Å²) in [5.41, 5.74) is 2.37. The summed E-state index contributed by atoms with van der Waals surface area (Å²) in [6.45, 7) is 0. The quantitative estimate of drug-likeness (QED) is 0.721. The summed E-state index contributed by atoms with van der Waals surface area (Å²) in [6.07, 6.45) is 3.47. The van der Waals surface area contributed by atoms with Crippen molar-refractivity contribution in [3.05, 3.63) is 58.8 Å². The molecule has 0 amide bonds. The SMILES string of the molecule is CNc1nc(Nc2ccc(Cl)cc2Cl)cc(-c2cccnc2)n1. The molecule has 7 heteroatoms. The maximum atomic E-state index is 6.19. The summed E-state index contributed by atoms with van der Waals surface area (Å²) in [6, 6.07) is 10.9. The fourth-order valence-corrected chi connectivity index (χ4v) is 2.47. The lowest BCUT2D eigenvalue weighted by Gasteiger charge is -2.11. The van der Waals surface area contributed by atoms with E-state index in [9.17, 15) is 0 Å². The van der Waals surface area contributed by atoms with Crippen LogP contribution in [0.1, 0.15) is 0 Å². The molecule has 3 aromatic rings. The Kier molecular flexibility index (Phi) is 4.60. The molecule has 0 aliphatic rings. The smallest absolute Gasteiger partial charge is 0.224 e. The number of nitrogens with zero attached hydrogens (tertiary/aromatic N) is 3. The summed E-state index contributed by atoms with van der Waals surface area (Å²) in [5, 5.41) is 7.23. The molecule has 0 aliphatic heterocycles. The van der Waals surface area contributed by atoms with Crippen LogP contribution in [-0.4, -0.2) is 22.0 Å². The first-order chi connectivity index (χ1) is 11.2. The van der Waals surface area contributed by atoms with E-state index in [0.717, 1.165) is 11.3 Å². The fourth-order valence-electron chi connectivity index (χ4n) is 2.01. The zero-order valence-corrected chi connectivity index (χ0v) is 13.7. The van der Waals surface area contributed by atoms with Crippen LogP contribution in [0.15, 0.2) is 48.8 Å². The zero-order chi connectivity index (χ0) is 16.2. The highest BCUT2D eigenvalue weighted by Crippen LogP contribution is 2.29. The Morgan fingerprint density at radius 1 is 1.04 bits per heavy atom. The number of hydrogen-bond acceptors (Lipinski definition) is 5. The van der Waals surface area contributed by atoms with Gasteiger partial charge in [0.15, 0.2) is 0 Å². The van der Waals surface area contributed by atoms with Crippen LogP contribution in [0, 0.1) is 0 Å². The average molecular weight is 346 g/mol. The third-order valence-electron chi connectivity index (χ3n) is 3.10. The molecule has 0 aliphatic carbocycles. The second-order valence-electron chi connectivity index (χ2n) is 4.70. The van der Waals surface area contributed by atoms with E-state index in [2.05, 4.69) is 25.6 Å². The van der Waals surface area contributed by atoms with Gasteiger partial charge < -0.3 is 10.6 Å². The molecule has 0 saturated heterocycles. The van der Waals surface area contributed by atoms with E-state index in [1.807, 2.05) is 18.2 Å². The van der Waals surface area contributed by atoms with E-state index in [4.69, 9.17) is 23.2 Å². The van der Waals surface area contributed by atoms with Crippen LogP contribution < -0.4 is 10.6 Å². The number of benzene rings is 1. The van der Waals surface area contributed by atoms with Crippen LogP contribution in [0.25, 0.3) is 11.3 Å². The molecule has 0 atom stereocenters. The van der Waals surface area contributed by atoms with Crippen molar-refractivity contribution in [1.82, 2.24) is 15.0 Å². The number of rotatable bonds is 4. The molecule has 0 radical (unpaired) electrons. The Labute approximate surface area is 143 Å². The molecule has 5 nitrogen and oxygen atoms in total. The molecule has 0 fully saturated rings. The second kappa shape index (κ2) is 6.81. The van der Waals surface area contributed by atoms with Gasteiger partial charge in [-0.25, -0.2) is 4.98 Å². The van der Waals surface area contributed by atoms with Gasteiger partial charge >= 0.3 is 0 Å². The lowest BCUT2D eigenvalue weighted by Crippen LogP contribution is -2.02. The van der Waals surface area contributed by atoms with Gasteiger partial charge in [-0.05, 0) is 30.3 Å². The standard InChI is InChI=1S/C16H13Cl2N5/c1-19-16-22-14(10-3-2-6-20-9-10)8-15(23-16)21-13-5-4-11(17)7-12(13)18/h2-9H,1H3,(H2,19,21,22,23). The number of nitrogens with one attached hydrogen (secondary N) is 2. The van der Waals surface area contributed by atoms with Crippen LogP contribution in [0.5, 0.6) is 0 Å². The third kappa shape index (κ3) is 3.70. The van der Waals surface area contributed by atoms with Crippen molar-refractivity contribution in [2.45, 2.75) is 0 Å². The molecule has 2 N–H and O–H groups in total. The Bertz CT molecular complexity index is 824. The Morgan fingerprint density at radius 3 is 2.61 bits per heavy atom. The molecule has 3 rings (SSSR count). The van der Waals surface area contributed by atoms with Gasteiger partial charge in [0.25, 0.3) is 0 Å². The highest BCUT2D eigenvalue weighted by atomic mass is 35.5. The normalized spacial score (nSPS) is 10.4. The number of aromatic nitrogens is 3. The summed E-state index contributed by atoms with van der Waals surface area (Å²) < 4.78 is 0. The number of anilines is 3. The maximum absolute atomic E-state index is 6.19. The van der Waals surface area contributed by atoms with Gasteiger partial charge in [0.05, 0.1) is 16.4 Å². The average Bonchev–Trinajstić information content (AvgIpc) is 2.58. The molecule has 23 heavy (non-hydrogen) atoms. The van der Waals surface area contributed by atoms with Gasteiger partial charge in [-0.1, -0.05) is 23.2 Å². The van der Waals surface area contributed by atoms with Crippen LogP contribution in [0.3, 0.4) is 0 Å². The number of hydrogen-bond donors (Lipinski definition) is 2. The molecule has 0 saturated carbocycles. The lowest BCUT2D eigenvalue weighted by molar-refractivity contribution is 1.15. The summed E-state index contributed by atoms with van der Waals surface area (Å²) in [7, 11) is 1.77. The van der Waals surface area contributed by atoms with E-state index >= 15 is 0 Å².